The van der Waals surface area contributed by atoms with E-state index in [-0.39, 0.29) is 0 Å². The Bertz CT molecular complexity index is 680. The summed E-state index contributed by atoms with van der Waals surface area (Å²) in [4.78, 5) is 7.38. The Labute approximate surface area is 155 Å². The summed E-state index contributed by atoms with van der Waals surface area (Å²) in [6.07, 6.45) is 13.2. The first-order valence-electron chi connectivity index (χ1n) is 9.89. The number of piperidine rings is 1. The summed E-state index contributed by atoms with van der Waals surface area (Å²) in [5.41, 5.74) is 2.81. The third-order valence-electron chi connectivity index (χ3n) is 5.52. The highest BCUT2D eigenvalue weighted by atomic mass is 32.1. The number of anilines is 1. The lowest BCUT2D eigenvalue weighted by atomic mass is 9.98. The van der Waals surface area contributed by atoms with Crippen LogP contribution in [0.4, 0.5) is 5.13 Å². The molecule has 3 nitrogen and oxygen atoms in total. The van der Waals surface area contributed by atoms with Crippen LogP contribution in [0.1, 0.15) is 51.4 Å². The summed E-state index contributed by atoms with van der Waals surface area (Å²) in [6.45, 7) is 3.62. The van der Waals surface area contributed by atoms with E-state index in [1.165, 1.54) is 75.7 Å². The van der Waals surface area contributed by atoms with Crippen molar-refractivity contribution in [2.24, 2.45) is 0 Å². The lowest BCUT2D eigenvalue weighted by molar-refractivity contribution is 0.233. The number of thiazole rings is 1. The van der Waals surface area contributed by atoms with E-state index >= 15 is 0 Å². The Balaban J connectivity index is 1.27. The predicted molar refractivity (Wildman–Crippen MR) is 108 cm³/mol. The van der Waals surface area contributed by atoms with Gasteiger partial charge < -0.3 is 5.32 Å². The van der Waals surface area contributed by atoms with Crippen LogP contribution in [0.5, 0.6) is 0 Å². The lowest BCUT2D eigenvalue weighted by Crippen LogP contribution is -2.40. The molecule has 25 heavy (non-hydrogen) atoms. The molecular weight excluding hydrogens is 326 g/mol. The molecule has 4 heteroatoms. The van der Waals surface area contributed by atoms with E-state index in [4.69, 9.17) is 4.98 Å². The van der Waals surface area contributed by atoms with Crippen molar-refractivity contribution in [2.75, 3.05) is 25.0 Å². The smallest absolute Gasteiger partial charge is 0.184 e. The largest absolute Gasteiger partial charge is 0.359 e. The van der Waals surface area contributed by atoms with Crippen molar-refractivity contribution >= 4 is 26.7 Å². The number of aromatic nitrogens is 1. The van der Waals surface area contributed by atoms with Crippen molar-refractivity contribution in [1.29, 1.82) is 0 Å². The van der Waals surface area contributed by atoms with Crippen molar-refractivity contribution in [3.05, 3.63) is 35.9 Å². The highest BCUT2D eigenvalue weighted by Crippen LogP contribution is 2.27. The minimum Gasteiger partial charge on any atom is -0.359 e. The van der Waals surface area contributed by atoms with Gasteiger partial charge in [-0.15, -0.1) is 0 Å². The lowest BCUT2D eigenvalue weighted by Gasteiger charge is -2.33. The highest BCUT2D eigenvalue weighted by Gasteiger charge is 2.20. The van der Waals surface area contributed by atoms with Crippen LogP contribution in [0.2, 0.25) is 0 Å². The average Bonchev–Trinajstić information content (AvgIpc) is 3.01. The second-order valence-corrected chi connectivity index (χ2v) is 8.53. The molecule has 0 unspecified atom stereocenters. The zero-order valence-electron chi connectivity index (χ0n) is 15.0. The van der Waals surface area contributed by atoms with E-state index in [0.717, 1.165) is 10.6 Å². The van der Waals surface area contributed by atoms with Gasteiger partial charge in [-0.25, -0.2) is 4.98 Å². The molecule has 134 valence electrons. The molecule has 1 aromatic heterocycles. The van der Waals surface area contributed by atoms with Crippen LogP contribution in [-0.4, -0.2) is 35.6 Å². The van der Waals surface area contributed by atoms with Crippen LogP contribution in [0.3, 0.4) is 0 Å². The molecule has 0 radical (unpaired) electrons. The molecule has 2 heterocycles. The number of fused-ring (bicyclic) bond motifs is 1. The molecule has 2 aliphatic rings. The molecule has 0 bridgehead atoms. The number of likely N-dealkylation sites (tertiary alicyclic amines) is 1. The van der Waals surface area contributed by atoms with Gasteiger partial charge in [0.05, 0.1) is 10.2 Å². The Morgan fingerprint density at radius 3 is 2.80 bits per heavy atom. The van der Waals surface area contributed by atoms with Crippen LogP contribution >= 0.6 is 11.3 Å². The molecule has 1 aliphatic carbocycles. The molecule has 4 rings (SSSR count). The second-order valence-electron chi connectivity index (χ2n) is 7.50. The minimum absolute atomic E-state index is 0.572. The molecule has 0 spiro atoms. The van der Waals surface area contributed by atoms with E-state index in [0.29, 0.717) is 6.04 Å². The van der Waals surface area contributed by atoms with E-state index in [9.17, 15) is 0 Å². The Morgan fingerprint density at radius 1 is 1.08 bits per heavy atom. The Morgan fingerprint density at radius 2 is 1.92 bits per heavy atom. The van der Waals surface area contributed by atoms with Gasteiger partial charge >= 0.3 is 0 Å². The fraction of sp³-hybridized carbons (Fsp3) is 0.571. The number of benzene rings is 1. The first-order chi connectivity index (χ1) is 12.4. The van der Waals surface area contributed by atoms with Gasteiger partial charge in [-0.05, 0) is 50.7 Å². The summed E-state index contributed by atoms with van der Waals surface area (Å²) in [5, 5.41) is 4.76. The summed E-state index contributed by atoms with van der Waals surface area (Å²) >= 11 is 1.78. The van der Waals surface area contributed by atoms with Gasteiger partial charge in [0.15, 0.2) is 5.13 Å². The summed E-state index contributed by atoms with van der Waals surface area (Å²) < 4.78 is 1.28. The van der Waals surface area contributed by atoms with Crippen molar-refractivity contribution < 1.29 is 0 Å². The van der Waals surface area contributed by atoms with E-state index < -0.39 is 0 Å². The van der Waals surface area contributed by atoms with Gasteiger partial charge in [0, 0.05) is 25.7 Å². The van der Waals surface area contributed by atoms with E-state index in [2.05, 4.69) is 40.6 Å². The fourth-order valence-electron chi connectivity index (χ4n) is 4.03. The van der Waals surface area contributed by atoms with Crippen LogP contribution in [0.25, 0.3) is 10.2 Å². The van der Waals surface area contributed by atoms with E-state index in [1.807, 2.05) is 0 Å². The van der Waals surface area contributed by atoms with Gasteiger partial charge in [0.25, 0.3) is 0 Å². The first kappa shape index (κ1) is 17.0. The van der Waals surface area contributed by atoms with Crippen molar-refractivity contribution in [3.63, 3.8) is 0 Å². The van der Waals surface area contributed by atoms with Crippen LogP contribution in [-0.2, 0) is 0 Å². The maximum Gasteiger partial charge on any atom is 0.184 e. The maximum absolute atomic E-state index is 4.72. The number of allylic oxidation sites excluding steroid dienone is 1. The average molecular weight is 356 g/mol. The molecule has 1 fully saturated rings. The minimum atomic E-state index is 0.572. The number of rotatable bonds is 4. The zero-order chi connectivity index (χ0) is 16.9. The standard InChI is InChI=1S/C21H29N3S/c1-2-4-8-17(9-5-3-1)16-24-14-12-18(13-15-24)22-21-23-19-10-6-7-11-20(19)25-21/h6-8,10-11,18H,1-5,9,12-16H2,(H,22,23). The maximum atomic E-state index is 4.72. The van der Waals surface area contributed by atoms with E-state index in [1.54, 1.807) is 16.9 Å². The van der Waals surface area contributed by atoms with Gasteiger partial charge in [-0.2, -0.15) is 0 Å². The molecule has 1 aromatic carbocycles. The molecule has 1 saturated heterocycles. The Hall–Kier alpha value is -1.39. The number of para-hydroxylation sites is 1. The highest BCUT2D eigenvalue weighted by molar-refractivity contribution is 7.22. The molecule has 1 aliphatic heterocycles. The zero-order valence-corrected chi connectivity index (χ0v) is 15.9. The Kier molecular flexibility index (Phi) is 5.68. The summed E-state index contributed by atoms with van der Waals surface area (Å²) in [7, 11) is 0. The first-order valence-corrected chi connectivity index (χ1v) is 10.7. The normalized spacial score (nSPS) is 20.9. The SMILES string of the molecule is C1=C(CN2CCC(Nc3nc4ccccc4s3)CC2)CCCCCC1. The molecule has 0 amide bonds. The van der Waals surface area contributed by atoms with Crippen molar-refractivity contribution in [3.8, 4) is 0 Å². The van der Waals surface area contributed by atoms with Crippen LogP contribution in [0, 0.1) is 0 Å². The second kappa shape index (κ2) is 8.33. The monoisotopic (exact) mass is 355 g/mol. The third kappa shape index (κ3) is 4.62. The van der Waals surface area contributed by atoms with Gasteiger partial charge in [0.1, 0.15) is 0 Å². The molecule has 1 N–H and O–H groups in total. The van der Waals surface area contributed by atoms with Crippen molar-refractivity contribution in [2.45, 2.75) is 57.4 Å². The molecule has 0 atom stereocenters. The predicted octanol–water partition coefficient (Wildman–Crippen LogP) is 5.45. The summed E-state index contributed by atoms with van der Waals surface area (Å²) in [6, 6.07) is 8.98. The van der Waals surface area contributed by atoms with Crippen LogP contribution in [0.15, 0.2) is 35.9 Å². The number of hydrogen-bond acceptors (Lipinski definition) is 4. The topological polar surface area (TPSA) is 28.2 Å². The molecule has 2 aromatic rings. The number of hydrogen-bond donors (Lipinski definition) is 1. The van der Waals surface area contributed by atoms with Crippen LogP contribution < -0.4 is 5.32 Å². The number of nitrogens with one attached hydrogen (secondary N) is 1. The number of nitrogens with zero attached hydrogens (tertiary/aromatic N) is 2. The molecule has 0 saturated carbocycles. The third-order valence-corrected chi connectivity index (χ3v) is 6.49. The molecular formula is C21H29N3S. The van der Waals surface area contributed by atoms with Gasteiger partial charge in [-0.1, -0.05) is 48.0 Å². The van der Waals surface area contributed by atoms with Crippen molar-refractivity contribution in [1.82, 2.24) is 9.88 Å². The van der Waals surface area contributed by atoms with Gasteiger partial charge in [-0.3, -0.25) is 4.90 Å². The fourth-order valence-corrected chi connectivity index (χ4v) is 4.98. The summed E-state index contributed by atoms with van der Waals surface area (Å²) in [5.74, 6) is 0. The van der Waals surface area contributed by atoms with Gasteiger partial charge in [0.2, 0.25) is 0 Å². The quantitative estimate of drug-likeness (QED) is 0.739.